The van der Waals surface area contributed by atoms with Crippen LogP contribution in [0.4, 0.5) is 0 Å². The first-order valence-corrected chi connectivity index (χ1v) is 9.29. The van der Waals surface area contributed by atoms with Crippen LogP contribution in [0.25, 0.3) is 22.4 Å². The van der Waals surface area contributed by atoms with Crippen LogP contribution in [0.3, 0.4) is 0 Å². The standard InChI is InChI=1S/C20H17N3O3S/c1-3-26-15-10-9-13(11-16(15)25-2)12-17-19(24)23-18(21-22-20(23)27-17)14-7-5-4-6-8-14/h4-12H,3H2,1-2H3/b17-12-. The van der Waals surface area contributed by atoms with Crippen molar-refractivity contribution < 1.29 is 9.47 Å². The Labute approximate surface area is 159 Å². The fraction of sp³-hybridized carbons (Fsp3) is 0.150. The molecule has 0 fully saturated rings. The molecule has 0 amide bonds. The predicted octanol–water partition coefficient (Wildman–Crippen LogP) is 2.77. The van der Waals surface area contributed by atoms with E-state index in [2.05, 4.69) is 10.2 Å². The van der Waals surface area contributed by atoms with Gasteiger partial charge in [0.05, 0.1) is 18.2 Å². The molecule has 0 unspecified atom stereocenters. The molecule has 0 saturated carbocycles. The van der Waals surface area contributed by atoms with E-state index in [0.717, 1.165) is 11.1 Å². The molecule has 6 nitrogen and oxygen atoms in total. The van der Waals surface area contributed by atoms with Crippen molar-refractivity contribution in [2.45, 2.75) is 6.92 Å². The molecule has 136 valence electrons. The van der Waals surface area contributed by atoms with E-state index in [1.54, 1.807) is 11.5 Å². The summed E-state index contributed by atoms with van der Waals surface area (Å²) in [6, 6.07) is 15.1. The number of hydrogen-bond acceptors (Lipinski definition) is 6. The second-order valence-electron chi connectivity index (χ2n) is 5.77. The Balaban J connectivity index is 1.82. The Morgan fingerprint density at radius 3 is 2.67 bits per heavy atom. The van der Waals surface area contributed by atoms with Crippen LogP contribution in [-0.2, 0) is 0 Å². The normalized spacial score (nSPS) is 11.9. The maximum absolute atomic E-state index is 12.9. The maximum Gasteiger partial charge on any atom is 0.276 e. The van der Waals surface area contributed by atoms with E-state index in [9.17, 15) is 4.79 Å². The number of methoxy groups -OCH3 is 1. The number of rotatable bonds is 5. The van der Waals surface area contributed by atoms with Crippen molar-refractivity contribution in [3.8, 4) is 22.9 Å². The van der Waals surface area contributed by atoms with Crippen molar-refractivity contribution in [1.29, 1.82) is 0 Å². The van der Waals surface area contributed by atoms with Crippen molar-refractivity contribution >= 4 is 22.4 Å². The smallest absolute Gasteiger partial charge is 0.276 e. The minimum absolute atomic E-state index is 0.133. The van der Waals surface area contributed by atoms with Crippen LogP contribution in [0.1, 0.15) is 12.5 Å². The molecule has 0 aliphatic heterocycles. The van der Waals surface area contributed by atoms with E-state index in [1.807, 2.05) is 61.5 Å². The molecule has 2 aromatic heterocycles. The summed E-state index contributed by atoms with van der Waals surface area (Å²) in [5, 5.41) is 8.32. The molecular weight excluding hydrogens is 362 g/mol. The molecule has 4 aromatic rings. The van der Waals surface area contributed by atoms with Crippen molar-refractivity contribution in [3.05, 3.63) is 69.0 Å². The van der Waals surface area contributed by atoms with E-state index in [1.165, 1.54) is 11.3 Å². The molecule has 0 spiro atoms. The first-order valence-electron chi connectivity index (χ1n) is 8.47. The molecule has 0 saturated heterocycles. The summed E-state index contributed by atoms with van der Waals surface area (Å²) in [5.41, 5.74) is 1.58. The van der Waals surface area contributed by atoms with Crippen LogP contribution in [-0.4, -0.2) is 28.3 Å². The monoisotopic (exact) mass is 379 g/mol. The van der Waals surface area contributed by atoms with Gasteiger partial charge in [0.25, 0.3) is 5.56 Å². The lowest BCUT2D eigenvalue weighted by atomic mass is 10.2. The average Bonchev–Trinajstić information content (AvgIpc) is 3.24. The van der Waals surface area contributed by atoms with Gasteiger partial charge in [-0.3, -0.25) is 4.79 Å². The van der Waals surface area contributed by atoms with Gasteiger partial charge in [-0.2, -0.15) is 0 Å². The van der Waals surface area contributed by atoms with Gasteiger partial charge in [-0.25, -0.2) is 4.40 Å². The largest absolute Gasteiger partial charge is 0.493 e. The highest BCUT2D eigenvalue weighted by Crippen LogP contribution is 2.28. The van der Waals surface area contributed by atoms with Gasteiger partial charge < -0.3 is 9.47 Å². The lowest BCUT2D eigenvalue weighted by Gasteiger charge is -2.09. The highest BCUT2D eigenvalue weighted by Gasteiger charge is 2.14. The number of thiazole rings is 1. The molecule has 0 N–H and O–H groups in total. The number of aromatic nitrogens is 3. The molecule has 4 rings (SSSR count). The van der Waals surface area contributed by atoms with E-state index in [-0.39, 0.29) is 5.56 Å². The Morgan fingerprint density at radius 2 is 1.93 bits per heavy atom. The molecular formula is C20H17N3O3S. The van der Waals surface area contributed by atoms with E-state index < -0.39 is 0 Å². The van der Waals surface area contributed by atoms with E-state index in [4.69, 9.17) is 9.47 Å². The van der Waals surface area contributed by atoms with Crippen LogP contribution >= 0.6 is 11.3 Å². The van der Waals surface area contributed by atoms with Gasteiger partial charge in [-0.1, -0.05) is 47.7 Å². The van der Waals surface area contributed by atoms with E-state index >= 15 is 0 Å². The third kappa shape index (κ3) is 3.17. The minimum Gasteiger partial charge on any atom is -0.493 e. The minimum atomic E-state index is -0.133. The van der Waals surface area contributed by atoms with Crippen molar-refractivity contribution in [1.82, 2.24) is 14.6 Å². The van der Waals surface area contributed by atoms with Gasteiger partial charge in [0.1, 0.15) is 0 Å². The number of benzene rings is 2. The van der Waals surface area contributed by atoms with Crippen LogP contribution in [0, 0.1) is 0 Å². The summed E-state index contributed by atoms with van der Waals surface area (Å²) in [7, 11) is 1.59. The summed E-state index contributed by atoms with van der Waals surface area (Å²) in [5.74, 6) is 1.86. The zero-order valence-corrected chi connectivity index (χ0v) is 15.7. The number of ether oxygens (including phenoxy) is 2. The third-order valence-corrected chi connectivity index (χ3v) is 5.02. The first-order chi connectivity index (χ1) is 13.2. The topological polar surface area (TPSA) is 65.7 Å². The average molecular weight is 379 g/mol. The SMILES string of the molecule is CCOc1ccc(/C=c2\sc3nnc(-c4ccccc4)n3c2=O)cc1OC. The predicted molar refractivity (Wildman–Crippen MR) is 106 cm³/mol. The molecule has 0 aliphatic carbocycles. The maximum atomic E-state index is 12.9. The second-order valence-corrected chi connectivity index (χ2v) is 6.78. The first kappa shape index (κ1) is 17.2. The van der Waals surface area contributed by atoms with Crippen LogP contribution in [0.2, 0.25) is 0 Å². The molecule has 0 bridgehead atoms. The highest BCUT2D eigenvalue weighted by molar-refractivity contribution is 7.15. The molecule has 0 radical (unpaired) electrons. The summed E-state index contributed by atoms with van der Waals surface area (Å²) < 4.78 is 13.1. The quantitative estimate of drug-likeness (QED) is 0.533. The van der Waals surface area contributed by atoms with Crippen molar-refractivity contribution in [2.24, 2.45) is 0 Å². The third-order valence-electron chi connectivity index (χ3n) is 4.07. The Kier molecular flexibility index (Phi) is 4.60. The van der Waals surface area contributed by atoms with E-state index in [0.29, 0.717) is 33.4 Å². The number of hydrogen-bond donors (Lipinski definition) is 0. The Bertz CT molecular complexity index is 1200. The zero-order chi connectivity index (χ0) is 18.8. The molecule has 27 heavy (non-hydrogen) atoms. The Hall–Kier alpha value is -3.19. The van der Waals surface area contributed by atoms with Gasteiger partial charge in [0.2, 0.25) is 4.96 Å². The van der Waals surface area contributed by atoms with Gasteiger partial charge >= 0.3 is 0 Å². The van der Waals surface area contributed by atoms with Gasteiger partial charge in [0.15, 0.2) is 17.3 Å². The van der Waals surface area contributed by atoms with Gasteiger partial charge in [-0.05, 0) is 30.7 Å². The van der Waals surface area contributed by atoms with Crippen LogP contribution in [0.15, 0.2) is 53.3 Å². The lowest BCUT2D eigenvalue weighted by molar-refractivity contribution is 0.311. The lowest BCUT2D eigenvalue weighted by Crippen LogP contribution is -2.23. The highest BCUT2D eigenvalue weighted by atomic mass is 32.1. The molecule has 2 heterocycles. The Morgan fingerprint density at radius 1 is 1.11 bits per heavy atom. The number of nitrogens with zero attached hydrogens (tertiary/aromatic N) is 3. The summed E-state index contributed by atoms with van der Waals surface area (Å²) in [6.45, 7) is 2.48. The molecule has 0 aliphatic rings. The van der Waals surface area contributed by atoms with Gasteiger partial charge in [0, 0.05) is 5.56 Å². The van der Waals surface area contributed by atoms with Crippen molar-refractivity contribution in [3.63, 3.8) is 0 Å². The molecule has 7 heteroatoms. The van der Waals surface area contributed by atoms with Gasteiger partial charge in [-0.15, -0.1) is 10.2 Å². The summed E-state index contributed by atoms with van der Waals surface area (Å²) >= 11 is 1.31. The summed E-state index contributed by atoms with van der Waals surface area (Å²) in [4.78, 5) is 13.5. The fourth-order valence-corrected chi connectivity index (χ4v) is 3.75. The fourth-order valence-electron chi connectivity index (χ4n) is 2.84. The summed E-state index contributed by atoms with van der Waals surface area (Å²) in [6.07, 6.45) is 1.83. The van der Waals surface area contributed by atoms with Crippen LogP contribution in [0.5, 0.6) is 11.5 Å². The molecule has 0 atom stereocenters. The second kappa shape index (κ2) is 7.20. The number of fused-ring (bicyclic) bond motifs is 1. The van der Waals surface area contributed by atoms with Crippen LogP contribution < -0.4 is 19.6 Å². The molecule has 2 aromatic carbocycles. The van der Waals surface area contributed by atoms with Crippen molar-refractivity contribution in [2.75, 3.05) is 13.7 Å². The zero-order valence-electron chi connectivity index (χ0n) is 14.9.